The minimum Gasteiger partial charge on any atom is -0.493 e. The molecule has 2 aromatic rings. The number of rotatable bonds is 7. The number of amides is 2. The van der Waals surface area contributed by atoms with Crippen LogP contribution in [0.2, 0.25) is 0 Å². The number of hydrogen-bond donors (Lipinski definition) is 2. The zero-order valence-electron chi connectivity index (χ0n) is 15.4. The number of para-hydroxylation sites is 1. The summed E-state index contributed by atoms with van der Waals surface area (Å²) in [5, 5.41) is 0. The molecule has 2 N–H and O–H groups in total. The number of benzene rings is 2. The fourth-order valence-electron chi connectivity index (χ4n) is 2.55. The van der Waals surface area contributed by atoms with E-state index < -0.39 is 5.91 Å². The molecule has 2 rings (SSSR count). The summed E-state index contributed by atoms with van der Waals surface area (Å²) in [6.07, 6.45) is 0. The third-order valence-corrected chi connectivity index (χ3v) is 4.46. The summed E-state index contributed by atoms with van der Waals surface area (Å²) in [4.78, 5) is 26.0. The Labute approximate surface area is 166 Å². The highest BCUT2D eigenvalue weighted by Crippen LogP contribution is 2.31. The van der Waals surface area contributed by atoms with Gasteiger partial charge in [-0.3, -0.25) is 25.3 Å². The molecule has 2 amide bonds. The predicted octanol–water partition coefficient (Wildman–Crippen LogP) is 2.36. The molecule has 0 aliphatic heterocycles. The summed E-state index contributed by atoms with van der Waals surface area (Å²) >= 11 is 3.30. The summed E-state index contributed by atoms with van der Waals surface area (Å²) in [5.74, 6) is 0.538. The molecule has 0 saturated heterocycles. The molecule has 27 heavy (non-hydrogen) atoms. The quantitative estimate of drug-likeness (QED) is 0.652. The van der Waals surface area contributed by atoms with Crippen LogP contribution >= 0.6 is 15.9 Å². The lowest BCUT2D eigenvalue weighted by atomic mass is 10.1. The van der Waals surface area contributed by atoms with Gasteiger partial charge in [-0.2, -0.15) is 0 Å². The van der Waals surface area contributed by atoms with Crippen LogP contribution in [-0.2, 0) is 11.3 Å². The number of carbonyl (C=O) groups is 2. The van der Waals surface area contributed by atoms with Crippen molar-refractivity contribution < 1.29 is 19.1 Å². The van der Waals surface area contributed by atoms with E-state index in [4.69, 9.17) is 9.47 Å². The highest BCUT2D eigenvalue weighted by atomic mass is 79.9. The maximum Gasteiger partial charge on any atom is 0.270 e. The van der Waals surface area contributed by atoms with Gasteiger partial charge in [-0.1, -0.05) is 24.3 Å². The topological polar surface area (TPSA) is 79.9 Å². The van der Waals surface area contributed by atoms with E-state index in [2.05, 4.69) is 26.8 Å². The molecule has 0 aromatic heterocycles. The van der Waals surface area contributed by atoms with Crippen LogP contribution in [0.4, 0.5) is 0 Å². The Bertz CT molecular complexity index is 813. The molecule has 0 atom stereocenters. The van der Waals surface area contributed by atoms with Crippen LogP contribution < -0.4 is 20.3 Å². The molecule has 0 aliphatic carbocycles. The molecule has 144 valence electrons. The molecule has 7 nitrogen and oxygen atoms in total. The largest absolute Gasteiger partial charge is 0.493 e. The third-order valence-electron chi connectivity index (χ3n) is 3.77. The molecule has 2 aromatic carbocycles. The first-order valence-electron chi connectivity index (χ1n) is 8.18. The lowest BCUT2D eigenvalue weighted by Crippen LogP contribution is -2.45. The summed E-state index contributed by atoms with van der Waals surface area (Å²) in [6.45, 7) is 0.572. The second-order valence-corrected chi connectivity index (χ2v) is 6.66. The van der Waals surface area contributed by atoms with Crippen molar-refractivity contribution in [3.63, 3.8) is 0 Å². The molecule has 0 fully saturated rings. The fraction of sp³-hybridized carbons (Fsp3) is 0.263. The number of halogens is 1. The SMILES string of the molecule is COc1cccc(CN(C)CC(=O)NNC(=O)c2ccccc2Br)c1OC. The lowest BCUT2D eigenvalue weighted by molar-refractivity contribution is -0.122. The Morgan fingerprint density at radius 1 is 1.04 bits per heavy atom. The van der Waals surface area contributed by atoms with Gasteiger partial charge >= 0.3 is 0 Å². The van der Waals surface area contributed by atoms with Crippen molar-refractivity contribution in [2.45, 2.75) is 6.54 Å². The van der Waals surface area contributed by atoms with Crippen molar-refractivity contribution in [3.8, 4) is 11.5 Å². The van der Waals surface area contributed by atoms with Crippen molar-refractivity contribution >= 4 is 27.7 Å². The van der Waals surface area contributed by atoms with Crippen LogP contribution in [0.3, 0.4) is 0 Å². The van der Waals surface area contributed by atoms with E-state index in [1.165, 1.54) is 0 Å². The zero-order chi connectivity index (χ0) is 19.8. The number of nitrogens with zero attached hydrogens (tertiary/aromatic N) is 1. The van der Waals surface area contributed by atoms with E-state index in [0.717, 1.165) is 5.56 Å². The van der Waals surface area contributed by atoms with Crippen LogP contribution in [0.5, 0.6) is 11.5 Å². The molecule has 0 saturated carbocycles. The maximum absolute atomic E-state index is 12.1. The van der Waals surface area contributed by atoms with E-state index in [1.54, 1.807) is 50.4 Å². The molecule has 0 spiro atoms. The minimum absolute atomic E-state index is 0.0939. The van der Waals surface area contributed by atoms with Crippen LogP contribution in [0.15, 0.2) is 46.9 Å². The Balaban J connectivity index is 1.89. The molecule has 0 bridgehead atoms. The van der Waals surface area contributed by atoms with Gasteiger partial charge in [0.15, 0.2) is 11.5 Å². The summed E-state index contributed by atoms with van der Waals surface area (Å²) in [7, 11) is 4.95. The highest BCUT2D eigenvalue weighted by Gasteiger charge is 2.14. The van der Waals surface area contributed by atoms with Crippen LogP contribution in [0.1, 0.15) is 15.9 Å². The Hall–Kier alpha value is -2.58. The van der Waals surface area contributed by atoms with E-state index >= 15 is 0 Å². The van der Waals surface area contributed by atoms with Gasteiger partial charge in [0, 0.05) is 16.6 Å². The van der Waals surface area contributed by atoms with Crippen LogP contribution in [0, 0.1) is 0 Å². The first-order chi connectivity index (χ1) is 13.0. The van der Waals surface area contributed by atoms with Crippen molar-refractivity contribution in [1.82, 2.24) is 15.8 Å². The maximum atomic E-state index is 12.1. The van der Waals surface area contributed by atoms with Gasteiger partial charge in [0.25, 0.3) is 11.8 Å². The Kier molecular flexibility index (Phi) is 7.63. The van der Waals surface area contributed by atoms with Gasteiger partial charge in [-0.15, -0.1) is 0 Å². The average molecular weight is 436 g/mol. The van der Waals surface area contributed by atoms with Gasteiger partial charge in [-0.25, -0.2) is 0 Å². The first kappa shape index (κ1) is 20.7. The number of ether oxygens (including phenoxy) is 2. The molecular weight excluding hydrogens is 414 g/mol. The van der Waals surface area contributed by atoms with Crippen molar-refractivity contribution in [2.75, 3.05) is 27.8 Å². The van der Waals surface area contributed by atoms with Gasteiger partial charge < -0.3 is 9.47 Å². The monoisotopic (exact) mass is 435 g/mol. The summed E-state index contributed by atoms with van der Waals surface area (Å²) < 4.78 is 11.3. The van der Waals surface area contributed by atoms with E-state index in [1.807, 2.05) is 18.2 Å². The number of likely N-dealkylation sites (N-methyl/N-ethyl adjacent to an activating group) is 1. The van der Waals surface area contributed by atoms with Crippen LogP contribution in [-0.4, -0.2) is 44.5 Å². The smallest absolute Gasteiger partial charge is 0.270 e. The second kappa shape index (κ2) is 9.94. The number of hydrazine groups is 1. The normalized spacial score (nSPS) is 10.4. The number of nitrogens with one attached hydrogen (secondary N) is 2. The molecular formula is C19H22BrN3O4. The van der Waals surface area contributed by atoms with Crippen molar-refractivity contribution in [1.29, 1.82) is 0 Å². The van der Waals surface area contributed by atoms with Gasteiger partial charge in [-0.05, 0) is 41.2 Å². The predicted molar refractivity (Wildman–Crippen MR) is 106 cm³/mol. The van der Waals surface area contributed by atoms with Gasteiger partial charge in [0.05, 0.1) is 26.3 Å². The van der Waals surface area contributed by atoms with Crippen molar-refractivity contribution in [3.05, 3.63) is 58.1 Å². The lowest BCUT2D eigenvalue weighted by Gasteiger charge is -2.19. The zero-order valence-corrected chi connectivity index (χ0v) is 17.0. The van der Waals surface area contributed by atoms with E-state index in [9.17, 15) is 9.59 Å². The fourth-order valence-corrected chi connectivity index (χ4v) is 3.01. The molecule has 0 unspecified atom stereocenters. The van der Waals surface area contributed by atoms with Gasteiger partial charge in [0.2, 0.25) is 0 Å². The van der Waals surface area contributed by atoms with Crippen molar-refractivity contribution in [2.24, 2.45) is 0 Å². The molecule has 8 heteroatoms. The molecule has 0 aliphatic rings. The highest BCUT2D eigenvalue weighted by molar-refractivity contribution is 9.10. The van der Waals surface area contributed by atoms with E-state index in [-0.39, 0.29) is 12.5 Å². The standard InChI is InChI=1S/C19H22BrN3O4/c1-23(11-13-7-6-10-16(26-2)18(13)27-3)12-17(24)21-22-19(25)14-8-4-5-9-15(14)20/h4-10H,11-12H2,1-3H3,(H,21,24)(H,22,25). The average Bonchev–Trinajstić information content (AvgIpc) is 2.66. The van der Waals surface area contributed by atoms with E-state index in [0.29, 0.717) is 28.1 Å². The Morgan fingerprint density at radius 2 is 1.78 bits per heavy atom. The van der Waals surface area contributed by atoms with Crippen LogP contribution in [0.25, 0.3) is 0 Å². The number of methoxy groups -OCH3 is 2. The molecule has 0 radical (unpaired) electrons. The minimum atomic E-state index is -0.395. The Morgan fingerprint density at radius 3 is 2.44 bits per heavy atom. The molecule has 0 heterocycles. The second-order valence-electron chi connectivity index (χ2n) is 5.81. The first-order valence-corrected chi connectivity index (χ1v) is 8.97. The third kappa shape index (κ3) is 5.70. The van der Waals surface area contributed by atoms with Gasteiger partial charge in [0.1, 0.15) is 0 Å². The summed E-state index contributed by atoms with van der Waals surface area (Å²) in [5.41, 5.74) is 6.16. The number of hydrogen-bond acceptors (Lipinski definition) is 5. The number of carbonyl (C=O) groups excluding carboxylic acids is 2. The summed E-state index contributed by atoms with van der Waals surface area (Å²) in [6, 6.07) is 12.6.